The van der Waals surface area contributed by atoms with E-state index in [4.69, 9.17) is 9.47 Å². The van der Waals surface area contributed by atoms with Gasteiger partial charge in [0.05, 0.1) is 25.8 Å². The Kier molecular flexibility index (Phi) is 5.44. The van der Waals surface area contributed by atoms with Gasteiger partial charge < -0.3 is 14.8 Å². The van der Waals surface area contributed by atoms with Crippen molar-refractivity contribution in [2.45, 2.75) is 19.4 Å². The van der Waals surface area contributed by atoms with Crippen molar-refractivity contribution in [1.29, 1.82) is 0 Å². The summed E-state index contributed by atoms with van der Waals surface area (Å²) in [7, 11) is 3.39. The Hall–Kier alpha value is -1.52. The maximum absolute atomic E-state index is 5.53. The predicted octanol–water partition coefficient (Wildman–Crippen LogP) is 3.85. The lowest BCUT2D eigenvalue weighted by molar-refractivity contribution is 0.376. The molecule has 0 aliphatic rings. The standard InChI is InChI=1S/C16H21NO2S/c1-4-9-17-16(12-8-10-20-11-12)15-13(18-2)6-5-7-14(15)19-3/h5-8,10-11,16-17H,4,9H2,1-3H3. The smallest absolute Gasteiger partial charge is 0.127 e. The number of hydrogen-bond acceptors (Lipinski definition) is 4. The summed E-state index contributed by atoms with van der Waals surface area (Å²) in [6.07, 6.45) is 1.08. The van der Waals surface area contributed by atoms with Crippen LogP contribution in [0.2, 0.25) is 0 Å². The molecule has 1 unspecified atom stereocenters. The van der Waals surface area contributed by atoms with E-state index in [0.29, 0.717) is 0 Å². The predicted molar refractivity (Wildman–Crippen MR) is 84.0 cm³/mol. The lowest BCUT2D eigenvalue weighted by atomic mass is 9.99. The lowest BCUT2D eigenvalue weighted by Gasteiger charge is -2.23. The third-order valence-corrected chi connectivity index (χ3v) is 3.93. The van der Waals surface area contributed by atoms with Crippen molar-refractivity contribution in [3.05, 3.63) is 46.2 Å². The van der Waals surface area contributed by atoms with Crippen LogP contribution in [0.15, 0.2) is 35.0 Å². The van der Waals surface area contributed by atoms with Gasteiger partial charge in [0.2, 0.25) is 0 Å². The second-order valence-corrected chi connectivity index (χ2v) is 5.30. The SMILES string of the molecule is CCCNC(c1ccsc1)c1c(OC)cccc1OC. The molecule has 20 heavy (non-hydrogen) atoms. The zero-order valence-corrected chi connectivity index (χ0v) is 13.0. The third-order valence-electron chi connectivity index (χ3n) is 3.23. The molecule has 2 rings (SSSR count). The molecule has 3 nitrogen and oxygen atoms in total. The first kappa shape index (κ1) is 14.9. The topological polar surface area (TPSA) is 30.5 Å². The van der Waals surface area contributed by atoms with Gasteiger partial charge in [-0.2, -0.15) is 11.3 Å². The van der Waals surface area contributed by atoms with Crippen molar-refractivity contribution >= 4 is 11.3 Å². The summed E-state index contributed by atoms with van der Waals surface area (Å²) in [5.41, 5.74) is 2.30. The number of hydrogen-bond donors (Lipinski definition) is 1. The van der Waals surface area contributed by atoms with Gasteiger partial charge in [-0.25, -0.2) is 0 Å². The Balaban J connectivity index is 2.47. The average Bonchev–Trinajstić information content (AvgIpc) is 3.01. The van der Waals surface area contributed by atoms with E-state index in [2.05, 4.69) is 29.1 Å². The van der Waals surface area contributed by atoms with Crippen LogP contribution in [-0.2, 0) is 0 Å². The van der Waals surface area contributed by atoms with Crippen molar-refractivity contribution < 1.29 is 9.47 Å². The van der Waals surface area contributed by atoms with Gasteiger partial charge in [0, 0.05) is 0 Å². The van der Waals surface area contributed by atoms with E-state index in [1.54, 1.807) is 25.6 Å². The van der Waals surface area contributed by atoms with Gasteiger partial charge in [0.1, 0.15) is 11.5 Å². The fourth-order valence-corrected chi connectivity index (χ4v) is 2.96. The Morgan fingerprint density at radius 1 is 1.15 bits per heavy atom. The van der Waals surface area contributed by atoms with Crippen molar-refractivity contribution in [1.82, 2.24) is 5.32 Å². The molecule has 0 radical (unpaired) electrons. The molecule has 2 aromatic rings. The normalized spacial score (nSPS) is 12.2. The Morgan fingerprint density at radius 2 is 1.85 bits per heavy atom. The molecule has 0 amide bonds. The molecule has 1 N–H and O–H groups in total. The maximum Gasteiger partial charge on any atom is 0.127 e. The van der Waals surface area contributed by atoms with Gasteiger partial charge in [0.15, 0.2) is 0 Å². The number of methoxy groups -OCH3 is 2. The van der Waals surface area contributed by atoms with Gasteiger partial charge in [-0.3, -0.25) is 0 Å². The van der Waals surface area contributed by atoms with Crippen LogP contribution >= 0.6 is 11.3 Å². The number of rotatable bonds is 7. The van der Waals surface area contributed by atoms with E-state index in [1.165, 1.54) is 5.56 Å². The summed E-state index contributed by atoms with van der Waals surface area (Å²) >= 11 is 1.70. The maximum atomic E-state index is 5.53. The second-order valence-electron chi connectivity index (χ2n) is 4.52. The van der Waals surface area contributed by atoms with Gasteiger partial charge in [-0.1, -0.05) is 13.0 Å². The molecule has 0 aliphatic heterocycles. The zero-order valence-electron chi connectivity index (χ0n) is 12.2. The zero-order chi connectivity index (χ0) is 14.4. The van der Waals surface area contributed by atoms with Crippen molar-refractivity contribution in [3.63, 3.8) is 0 Å². The summed E-state index contributed by atoms with van der Waals surface area (Å²) in [4.78, 5) is 0. The first-order valence-corrected chi connectivity index (χ1v) is 7.72. The highest BCUT2D eigenvalue weighted by molar-refractivity contribution is 7.08. The van der Waals surface area contributed by atoms with Crippen LogP contribution in [0.5, 0.6) is 11.5 Å². The molecule has 1 aromatic carbocycles. The molecule has 0 saturated carbocycles. The van der Waals surface area contributed by atoms with Crippen LogP contribution in [0.1, 0.15) is 30.5 Å². The third kappa shape index (κ3) is 3.14. The average molecular weight is 291 g/mol. The van der Waals surface area contributed by atoms with Gasteiger partial charge >= 0.3 is 0 Å². The monoisotopic (exact) mass is 291 g/mol. The van der Waals surface area contributed by atoms with E-state index in [9.17, 15) is 0 Å². The second kappa shape index (κ2) is 7.31. The highest BCUT2D eigenvalue weighted by Crippen LogP contribution is 2.37. The molecular formula is C16H21NO2S. The van der Waals surface area contributed by atoms with E-state index in [1.807, 2.05) is 18.2 Å². The number of thiophene rings is 1. The molecular weight excluding hydrogens is 270 g/mol. The van der Waals surface area contributed by atoms with E-state index in [-0.39, 0.29) is 6.04 Å². The molecule has 0 aliphatic carbocycles. The van der Waals surface area contributed by atoms with Gasteiger partial charge in [-0.05, 0) is 47.5 Å². The van der Waals surface area contributed by atoms with Gasteiger partial charge in [0.25, 0.3) is 0 Å². The summed E-state index contributed by atoms with van der Waals surface area (Å²) < 4.78 is 11.1. The van der Waals surface area contributed by atoms with Crippen molar-refractivity contribution in [2.24, 2.45) is 0 Å². The van der Waals surface area contributed by atoms with E-state index < -0.39 is 0 Å². The molecule has 4 heteroatoms. The van der Waals surface area contributed by atoms with Crippen LogP contribution in [0, 0.1) is 0 Å². The summed E-state index contributed by atoms with van der Waals surface area (Å²) in [5.74, 6) is 1.70. The number of ether oxygens (including phenoxy) is 2. The molecule has 0 saturated heterocycles. The van der Waals surface area contributed by atoms with E-state index in [0.717, 1.165) is 30.0 Å². The fraction of sp³-hybridized carbons (Fsp3) is 0.375. The Bertz CT molecular complexity index is 503. The van der Waals surface area contributed by atoms with Crippen molar-refractivity contribution in [2.75, 3.05) is 20.8 Å². The quantitative estimate of drug-likeness (QED) is 0.840. The van der Waals surface area contributed by atoms with E-state index >= 15 is 0 Å². The minimum absolute atomic E-state index is 0.0901. The van der Waals surface area contributed by atoms with Crippen LogP contribution in [0.25, 0.3) is 0 Å². The lowest BCUT2D eigenvalue weighted by Crippen LogP contribution is -2.23. The minimum Gasteiger partial charge on any atom is -0.496 e. The van der Waals surface area contributed by atoms with Crippen molar-refractivity contribution in [3.8, 4) is 11.5 Å². The highest BCUT2D eigenvalue weighted by Gasteiger charge is 2.22. The number of nitrogens with one attached hydrogen (secondary N) is 1. The van der Waals surface area contributed by atoms with Crippen LogP contribution in [0.3, 0.4) is 0 Å². The largest absolute Gasteiger partial charge is 0.496 e. The minimum atomic E-state index is 0.0901. The van der Waals surface area contributed by atoms with Gasteiger partial charge in [-0.15, -0.1) is 0 Å². The summed E-state index contributed by atoms with van der Waals surface area (Å²) in [6, 6.07) is 8.14. The van der Waals surface area contributed by atoms with Crippen LogP contribution < -0.4 is 14.8 Å². The first-order valence-electron chi connectivity index (χ1n) is 6.78. The molecule has 0 spiro atoms. The summed E-state index contributed by atoms with van der Waals surface area (Å²) in [5, 5.41) is 7.85. The Morgan fingerprint density at radius 3 is 2.35 bits per heavy atom. The molecule has 0 bridgehead atoms. The Labute approximate surface area is 124 Å². The summed E-state index contributed by atoms with van der Waals surface area (Å²) in [6.45, 7) is 3.11. The highest BCUT2D eigenvalue weighted by atomic mass is 32.1. The first-order chi connectivity index (χ1) is 9.81. The molecule has 1 aromatic heterocycles. The fourth-order valence-electron chi connectivity index (χ4n) is 2.28. The number of benzene rings is 1. The molecule has 1 atom stereocenters. The van der Waals surface area contributed by atoms with Crippen LogP contribution in [-0.4, -0.2) is 20.8 Å². The molecule has 108 valence electrons. The molecule has 0 fully saturated rings. The molecule has 1 heterocycles. The van der Waals surface area contributed by atoms with Crippen LogP contribution in [0.4, 0.5) is 0 Å².